The summed E-state index contributed by atoms with van der Waals surface area (Å²) in [5.41, 5.74) is 5.91. The van der Waals surface area contributed by atoms with Crippen molar-refractivity contribution < 1.29 is 26.9 Å². The number of halogens is 1. The fourth-order valence-electron chi connectivity index (χ4n) is 3.06. The number of ketones is 1. The van der Waals surface area contributed by atoms with E-state index in [1.54, 1.807) is 0 Å². The molecule has 1 aliphatic rings. The molecule has 29 heavy (non-hydrogen) atoms. The van der Waals surface area contributed by atoms with E-state index < -0.39 is 21.9 Å². The van der Waals surface area contributed by atoms with Gasteiger partial charge >= 0.3 is 10.3 Å². The maximum atomic E-state index is 13.5. The van der Waals surface area contributed by atoms with Gasteiger partial charge in [-0.2, -0.15) is 17.7 Å². The zero-order chi connectivity index (χ0) is 21.2. The Morgan fingerprint density at radius 2 is 2.03 bits per heavy atom. The number of ether oxygens (including phenoxy) is 1. The Bertz CT molecular complexity index is 1020. The van der Waals surface area contributed by atoms with Gasteiger partial charge in [0.2, 0.25) is 11.7 Å². The molecule has 3 rings (SSSR count). The van der Waals surface area contributed by atoms with Crippen molar-refractivity contribution in [1.82, 2.24) is 14.3 Å². The van der Waals surface area contributed by atoms with E-state index in [2.05, 4.69) is 15.3 Å². The number of aromatic nitrogens is 2. The van der Waals surface area contributed by atoms with Crippen molar-refractivity contribution in [2.75, 3.05) is 31.2 Å². The summed E-state index contributed by atoms with van der Waals surface area (Å²) in [6.45, 7) is 0.309. The van der Waals surface area contributed by atoms with Gasteiger partial charge in [-0.3, -0.25) is 9.35 Å². The van der Waals surface area contributed by atoms with Crippen LogP contribution in [0.3, 0.4) is 0 Å². The summed E-state index contributed by atoms with van der Waals surface area (Å²) in [7, 11) is -2.83. The van der Waals surface area contributed by atoms with Gasteiger partial charge in [0, 0.05) is 25.3 Å². The number of piperidine rings is 1. The van der Waals surface area contributed by atoms with Crippen LogP contribution < -0.4 is 15.8 Å². The van der Waals surface area contributed by atoms with Gasteiger partial charge in [0.15, 0.2) is 0 Å². The van der Waals surface area contributed by atoms with Gasteiger partial charge in [-0.15, -0.1) is 0 Å². The molecule has 1 fully saturated rings. The monoisotopic (exact) mass is 425 g/mol. The Kier molecular flexibility index (Phi) is 5.96. The first-order valence-corrected chi connectivity index (χ1v) is 10.1. The number of anilines is 2. The summed E-state index contributed by atoms with van der Waals surface area (Å²) in [4.78, 5) is 20.9. The zero-order valence-electron chi connectivity index (χ0n) is 15.5. The molecule has 0 spiro atoms. The lowest BCUT2D eigenvalue weighted by Crippen LogP contribution is -2.42. The molecule has 0 atom stereocenters. The summed E-state index contributed by atoms with van der Waals surface area (Å²) in [6.07, 6.45) is 2.11. The summed E-state index contributed by atoms with van der Waals surface area (Å²) in [6, 6.07) is 3.44. The molecule has 10 nitrogen and oxygen atoms in total. The second-order valence-electron chi connectivity index (χ2n) is 6.46. The van der Waals surface area contributed by atoms with Crippen LogP contribution in [0.4, 0.5) is 16.2 Å². The van der Waals surface area contributed by atoms with E-state index in [9.17, 15) is 17.6 Å². The Labute approximate surface area is 166 Å². The third-order valence-corrected chi connectivity index (χ3v) is 5.60. The lowest BCUT2D eigenvalue weighted by molar-refractivity contribution is 0.103. The van der Waals surface area contributed by atoms with Gasteiger partial charge < -0.3 is 15.8 Å². The number of methoxy groups -OCH3 is 1. The SMILES string of the molecule is COc1ccc(F)cc1C(=O)c1cnc(NC2CCN(S(=O)(=O)O)CC2)nc1N. The molecule has 2 aromatic rings. The van der Waals surface area contributed by atoms with Crippen LogP contribution in [0.15, 0.2) is 24.4 Å². The second-order valence-corrected chi connectivity index (χ2v) is 7.87. The molecule has 156 valence electrons. The van der Waals surface area contributed by atoms with E-state index in [1.807, 2.05) is 0 Å². The average molecular weight is 425 g/mol. The smallest absolute Gasteiger partial charge is 0.335 e. The van der Waals surface area contributed by atoms with Gasteiger partial charge in [-0.25, -0.2) is 9.37 Å². The lowest BCUT2D eigenvalue weighted by atomic mass is 10.0. The quantitative estimate of drug-likeness (QED) is 0.457. The molecular weight excluding hydrogens is 405 g/mol. The van der Waals surface area contributed by atoms with Crippen LogP contribution in [-0.4, -0.2) is 59.3 Å². The van der Waals surface area contributed by atoms with Crippen molar-refractivity contribution in [3.8, 4) is 5.75 Å². The fraction of sp³-hybridized carbons (Fsp3) is 0.353. The molecule has 1 aromatic carbocycles. The van der Waals surface area contributed by atoms with Crippen LogP contribution in [0, 0.1) is 5.82 Å². The number of rotatable bonds is 6. The van der Waals surface area contributed by atoms with Gasteiger partial charge in [-0.1, -0.05) is 0 Å². The molecule has 0 saturated carbocycles. The number of nitrogens with two attached hydrogens (primary N) is 1. The van der Waals surface area contributed by atoms with Crippen molar-refractivity contribution in [3.05, 3.63) is 41.3 Å². The summed E-state index contributed by atoms with van der Waals surface area (Å²) < 4.78 is 51.0. The van der Waals surface area contributed by atoms with E-state index in [0.717, 1.165) is 10.4 Å². The number of carbonyl (C=O) groups excluding carboxylic acids is 1. The van der Waals surface area contributed by atoms with E-state index in [1.165, 1.54) is 25.4 Å². The molecule has 12 heteroatoms. The molecule has 0 aliphatic carbocycles. The van der Waals surface area contributed by atoms with Crippen molar-refractivity contribution in [2.24, 2.45) is 0 Å². The van der Waals surface area contributed by atoms with Crippen molar-refractivity contribution in [2.45, 2.75) is 18.9 Å². The minimum Gasteiger partial charge on any atom is -0.496 e. The summed E-state index contributed by atoms with van der Waals surface area (Å²) in [5, 5.41) is 3.03. The standard InChI is InChI=1S/C17H20FN5O5S/c1-28-14-3-2-10(18)8-12(14)15(24)13-9-20-17(22-16(13)19)21-11-4-6-23(7-5-11)29(25,26)27/h2-3,8-9,11H,4-7H2,1H3,(H,25,26,27)(H3,19,20,21,22). The minimum absolute atomic E-state index is 0.000596. The van der Waals surface area contributed by atoms with Gasteiger partial charge in [-0.05, 0) is 31.0 Å². The third kappa shape index (κ3) is 4.78. The topological polar surface area (TPSA) is 148 Å². The van der Waals surface area contributed by atoms with Gasteiger partial charge in [0.25, 0.3) is 0 Å². The highest BCUT2D eigenvalue weighted by Crippen LogP contribution is 2.25. The molecule has 0 bridgehead atoms. The predicted octanol–water partition coefficient (Wildman–Crippen LogP) is 1.12. The molecule has 1 aliphatic heterocycles. The Morgan fingerprint density at radius 1 is 1.34 bits per heavy atom. The first-order chi connectivity index (χ1) is 13.7. The molecular formula is C17H20FN5O5S. The molecule has 0 amide bonds. The normalized spacial score (nSPS) is 15.8. The van der Waals surface area contributed by atoms with Crippen LogP contribution in [0.25, 0.3) is 0 Å². The number of hydrogen-bond donors (Lipinski definition) is 3. The lowest BCUT2D eigenvalue weighted by Gasteiger charge is -2.29. The third-order valence-electron chi connectivity index (χ3n) is 4.58. The maximum Gasteiger partial charge on any atom is 0.335 e. The minimum atomic E-state index is -4.20. The van der Waals surface area contributed by atoms with Crippen LogP contribution in [0.1, 0.15) is 28.8 Å². The highest BCUT2D eigenvalue weighted by atomic mass is 32.2. The largest absolute Gasteiger partial charge is 0.496 e. The molecule has 0 unspecified atom stereocenters. The van der Waals surface area contributed by atoms with Crippen LogP contribution in [0.5, 0.6) is 5.75 Å². The van der Waals surface area contributed by atoms with Crippen LogP contribution in [-0.2, 0) is 10.3 Å². The van der Waals surface area contributed by atoms with E-state index in [0.29, 0.717) is 12.8 Å². The van der Waals surface area contributed by atoms with E-state index in [-0.39, 0.29) is 47.8 Å². The highest BCUT2D eigenvalue weighted by molar-refractivity contribution is 7.83. The molecule has 4 N–H and O–H groups in total. The molecule has 1 saturated heterocycles. The second kappa shape index (κ2) is 8.27. The maximum absolute atomic E-state index is 13.5. The Balaban J connectivity index is 1.73. The predicted molar refractivity (Wildman–Crippen MR) is 103 cm³/mol. The van der Waals surface area contributed by atoms with Gasteiger partial charge in [0.1, 0.15) is 17.4 Å². The summed E-state index contributed by atoms with van der Waals surface area (Å²) >= 11 is 0. The summed E-state index contributed by atoms with van der Waals surface area (Å²) in [5.74, 6) is -0.886. The fourth-order valence-corrected chi connectivity index (χ4v) is 3.73. The van der Waals surface area contributed by atoms with E-state index in [4.69, 9.17) is 15.0 Å². The number of nitrogens with zero attached hydrogens (tertiary/aromatic N) is 3. The zero-order valence-corrected chi connectivity index (χ0v) is 16.3. The van der Waals surface area contributed by atoms with Gasteiger partial charge in [0.05, 0.1) is 18.2 Å². The number of nitrogens with one attached hydrogen (secondary N) is 1. The number of benzene rings is 1. The Hall–Kier alpha value is -2.83. The number of hydrogen-bond acceptors (Lipinski definition) is 8. The van der Waals surface area contributed by atoms with Crippen molar-refractivity contribution in [3.63, 3.8) is 0 Å². The first kappa shape index (κ1) is 20.9. The number of nitrogen functional groups attached to an aromatic ring is 1. The Morgan fingerprint density at radius 3 is 2.62 bits per heavy atom. The number of carbonyl (C=O) groups is 1. The van der Waals surface area contributed by atoms with Crippen LogP contribution in [0.2, 0.25) is 0 Å². The molecule has 2 heterocycles. The molecule has 1 aromatic heterocycles. The highest BCUT2D eigenvalue weighted by Gasteiger charge is 2.27. The van der Waals surface area contributed by atoms with Crippen LogP contribution >= 0.6 is 0 Å². The first-order valence-electron chi connectivity index (χ1n) is 8.69. The van der Waals surface area contributed by atoms with Crippen molar-refractivity contribution >= 4 is 27.9 Å². The van der Waals surface area contributed by atoms with Crippen molar-refractivity contribution in [1.29, 1.82) is 0 Å². The molecule has 0 radical (unpaired) electrons. The average Bonchev–Trinajstić information content (AvgIpc) is 2.67. The van der Waals surface area contributed by atoms with E-state index >= 15 is 0 Å².